The molecular formula is C18H14BrNO3. The number of benzene rings is 2. The molecule has 0 saturated heterocycles. The first-order chi connectivity index (χ1) is 11.0. The Kier molecular flexibility index (Phi) is 4.05. The van der Waals surface area contributed by atoms with Crippen LogP contribution in [0.5, 0.6) is 0 Å². The highest BCUT2D eigenvalue weighted by molar-refractivity contribution is 9.10. The van der Waals surface area contributed by atoms with Gasteiger partial charge in [-0.05, 0) is 36.8 Å². The summed E-state index contributed by atoms with van der Waals surface area (Å²) < 4.78 is 0.898. The molecule has 1 unspecified atom stereocenters. The van der Waals surface area contributed by atoms with Gasteiger partial charge in [-0.25, -0.2) is 0 Å². The number of halogens is 1. The minimum atomic E-state index is -0.629. The van der Waals surface area contributed by atoms with Crippen LogP contribution in [0.2, 0.25) is 0 Å². The summed E-state index contributed by atoms with van der Waals surface area (Å²) in [6, 6.07) is 15.7. The summed E-state index contributed by atoms with van der Waals surface area (Å²) in [4.78, 5) is 26.0. The van der Waals surface area contributed by atoms with Crippen LogP contribution in [-0.2, 0) is 9.59 Å². The van der Waals surface area contributed by atoms with Crippen LogP contribution in [-0.4, -0.2) is 16.8 Å². The maximum Gasteiger partial charge on any atom is 0.294 e. The van der Waals surface area contributed by atoms with Crippen LogP contribution in [0, 0.1) is 0 Å². The molecule has 1 N–H and O–H groups in total. The number of carbonyl (C=O) groups is 2. The third-order valence-corrected chi connectivity index (χ3v) is 4.34. The lowest BCUT2D eigenvalue weighted by molar-refractivity contribution is -0.117. The van der Waals surface area contributed by atoms with Crippen LogP contribution in [0.3, 0.4) is 0 Å². The van der Waals surface area contributed by atoms with Gasteiger partial charge >= 0.3 is 0 Å². The van der Waals surface area contributed by atoms with Gasteiger partial charge in [0.2, 0.25) is 0 Å². The maximum atomic E-state index is 12.5. The highest BCUT2D eigenvalue weighted by Crippen LogP contribution is 2.40. The van der Waals surface area contributed by atoms with E-state index in [-0.39, 0.29) is 11.4 Å². The lowest BCUT2D eigenvalue weighted by atomic mass is 9.96. The number of aliphatic hydroxyl groups is 1. The Hall–Kier alpha value is -2.40. The monoisotopic (exact) mass is 371 g/mol. The van der Waals surface area contributed by atoms with Crippen molar-refractivity contribution in [1.82, 2.24) is 0 Å². The van der Waals surface area contributed by atoms with E-state index in [2.05, 4.69) is 15.9 Å². The van der Waals surface area contributed by atoms with Crippen LogP contribution < -0.4 is 4.90 Å². The van der Waals surface area contributed by atoms with Crippen molar-refractivity contribution in [2.45, 2.75) is 13.0 Å². The molecule has 1 amide bonds. The predicted octanol–water partition coefficient (Wildman–Crippen LogP) is 3.94. The van der Waals surface area contributed by atoms with Crippen molar-refractivity contribution in [3.05, 3.63) is 76.0 Å². The van der Waals surface area contributed by atoms with E-state index >= 15 is 0 Å². The van der Waals surface area contributed by atoms with Gasteiger partial charge in [-0.1, -0.05) is 46.3 Å². The molecule has 5 heteroatoms. The summed E-state index contributed by atoms with van der Waals surface area (Å²) in [5, 5.41) is 10.2. The average molecular weight is 372 g/mol. The van der Waals surface area contributed by atoms with Crippen molar-refractivity contribution in [1.29, 1.82) is 0 Å². The number of hydrogen-bond acceptors (Lipinski definition) is 3. The molecule has 0 aliphatic carbocycles. The number of rotatable bonds is 3. The van der Waals surface area contributed by atoms with Crippen LogP contribution in [0.4, 0.5) is 5.69 Å². The third-order valence-electron chi connectivity index (χ3n) is 3.81. The fourth-order valence-electron chi connectivity index (χ4n) is 2.78. The fraction of sp³-hybridized carbons (Fsp3) is 0.111. The van der Waals surface area contributed by atoms with E-state index in [1.54, 1.807) is 12.1 Å². The van der Waals surface area contributed by atoms with E-state index in [4.69, 9.17) is 0 Å². The van der Waals surface area contributed by atoms with Crippen molar-refractivity contribution >= 4 is 33.3 Å². The van der Waals surface area contributed by atoms with E-state index in [0.717, 1.165) is 10.0 Å². The Morgan fingerprint density at radius 2 is 1.70 bits per heavy atom. The first-order valence-electron chi connectivity index (χ1n) is 7.09. The van der Waals surface area contributed by atoms with Gasteiger partial charge < -0.3 is 5.11 Å². The smallest absolute Gasteiger partial charge is 0.294 e. The van der Waals surface area contributed by atoms with Crippen LogP contribution in [0.15, 0.2) is 70.4 Å². The Balaban J connectivity index is 2.17. The zero-order chi connectivity index (χ0) is 16.6. The summed E-state index contributed by atoms with van der Waals surface area (Å²) in [5.74, 6) is -1.36. The molecule has 1 aliphatic rings. The molecule has 2 aromatic carbocycles. The second kappa shape index (κ2) is 6.01. The number of nitrogens with zero attached hydrogens (tertiary/aromatic N) is 1. The van der Waals surface area contributed by atoms with Gasteiger partial charge in [0.1, 0.15) is 0 Å². The summed E-state index contributed by atoms with van der Waals surface area (Å²) >= 11 is 3.37. The van der Waals surface area contributed by atoms with E-state index in [1.807, 2.05) is 42.5 Å². The molecule has 1 atom stereocenters. The van der Waals surface area contributed by atoms with Crippen molar-refractivity contribution in [2.24, 2.45) is 0 Å². The summed E-state index contributed by atoms with van der Waals surface area (Å²) in [6.45, 7) is 1.36. The molecule has 2 aromatic rings. The average Bonchev–Trinajstić information content (AvgIpc) is 2.81. The maximum absolute atomic E-state index is 12.5. The third kappa shape index (κ3) is 2.68. The lowest BCUT2D eigenvalue weighted by Gasteiger charge is -2.26. The minimum Gasteiger partial charge on any atom is -0.503 e. The molecule has 0 fully saturated rings. The number of aliphatic hydroxyl groups excluding tert-OH is 1. The Bertz CT molecular complexity index is 797. The van der Waals surface area contributed by atoms with E-state index in [1.165, 1.54) is 11.8 Å². The largest absolute Gasteiger partial charge is 0.503 e. The molecule has 0 spiro atoms. The van der Waals surface area contributed by atoms with Crippen LogP contribution in [0.25, 0.3) is 0 Å². The molecule has 116 valence electrons. The Labute approximate surface area is 142 Å². The van der Waals surface area contributed by atoms with Gasteiger partial charge in [0.25, 0.3) is 5.91 Å². The molecule has 3 rings (SSSR count). The summed E-state index contributed by atoms with van der Waals surface area (Å²) in [5.41, 5.74) is 1.52. The Morgan fingerprint density at radius 1 is 1.09 bits per heavy atom. The normalized spacial score (nSPS) is 17.7. The molecule has 0 saturated carbocycles. The molecule has 1 aliphatic heterocycles. The molecule has 1 heterocycles. The highest BCUT2D eigenvalue weighted by Gasteiger charge is 2.43. The number of carbonyl (C=O) groups excluding carboxylic acids is 2. The predicted molar refractivity (Wildman–Crippen MR) is 91.1 cm³/mol. The number of anilines is 1. The number of para-hydroxylation sites is 1. The van der Waals surface area contributed by atoms with Gasteiger partial charge in [0.05, 0.1) is 11.6 Å². The second-order valence-electron chi connectivity index (χ2n) is 5.28. The van der Waals surface area contributed by atoms with Gasteiger partial charge in [-0.15, -0.1) is 0 Å². The molecule has 0 bridgehead atoms. The van der Waals surface area contributed by atoms with Gasteiger partial charge in [-0.3, -0.25) is 14.5 Å². The van der Waals surface area contributed by atoms with Gasteiger partial charge in [0.15, 0.2) is 11.5 Å². The van der Waals surface area contributed by atoms with Crippen LogP contribution in [0.1, 0.15) is 18.5 Å². The van der Waals surface area contributed by atoms with Crippen molar-refractivity contribution < 1.29 is 14.7 Å². The second-order valence-corrected chi connectivity index (χ2v) is 6.20. The number of Topliss-reactive ketones (excluding diaryl/α,β-unsaturated/α-hetero) is 1. The fourth-order valence-corrected chi connectivity index (χ4v) is 3.04. The topological polar surface area (TPSA) is 57.6 Å². The zero-order valence-electron chi connectivity index (χ0n) is 12.4. The Morgan fingerprint density at radius 3 is 2.26 bits per heavy atom. The molecule has 4 nitrogen and oxygen atoms in total. The van der Waals surface area contributed by atoms with Crippen molar-refractivity contribution in [2.75, 3.05) is 4.90 Å². The van der Waals surface area contributed by atoms with Crippen molar-refractivity contribution in [3.8, 4) is 0 Å². The van der Waals surface area contributed by atoms with E-state index in [9.17, 15) is 14.7 Å². The standard InChI is InChI=1S/C18H14BrNO3/c1-11(21)15-16(12-7-9-13(19)10-8-12)20(18(23)17(15)22)14-5-3-2-4-6-14/h2-10,16,22H,1H3. The number of ketones is 1. The summed E-state index contributed by atoms with van der Waals surface area (Å²) in [6.07, 6.45) is 0. The van der Waals surface area contributed by atoms with Gasteiger partial charge in [0, 0.05) is 10.2 Å². The van der Waals surface area contributed by atoms with Crippen LogP contribution >= 0.6 is 15.9 Å². The minimum absolute atomic E-state index is 0.126. The SMILES string of the molecule is CC(=O)C1=C(O)C(=O)N(c2ccccc2)C1c1ccc(Br)cc1. The highest BCUT2D eigenvalue weighted by atomic mass is 79.9. The summed E-state index contributed by atoms with van der Waals surface area (Å²) in [7, 11) is 0. The number of hydrogen-bond donors (Lipinski definition) is 1. The zero-order valence-corrected chi connectivity index (χ0v) is 13.9. The first-order valence-corrected chi connectivity index (χ1v) is 7.88. The lowest BCUT2D eigenvalue weighted by Crippen LogP contribution is -2.30. The van der Waals surface area contributed by atoms with E-state index in [0.29, 0.717) is 5.69 Å². The molecule has 0 radical (unpaired) electrons. The van der Waals surface area contributed by atoms with Crippen molar-refractivity contribution in [3.63, 3.8) is 0 Å². The molecule has 0 aromatic heterocycles. The first kappa shape index (κ1) is 15.5. The van der Waals surface area contributed by atoms with Gasteiger partial charge in [-0.2, -0.15) is 0 Å². The number of amides is 1. The molecular weight excluding hydrogens is 358 g/mol. The van der Waals surface area contributed by atoms with E-state index < -0.39 is 17.7 Å². The molecule has 23 heavy (non-hydrogen) atoms. The quantitative estimate of drug-likeness (QED) is 0.888.